The molecule has 13 nitrogen and oxygen atoms in total. The summed E-state index contributed by atoms with van der Waals surface area (Å²) in [5.41, 5.74) is 21.7. The number of rotatable bonds is 14. The van der Waals surface area contributed by atoms with Crippen LogP contribution in [0, 0.1) is 0 Å². The Morgan fingerprint density at radius 2 is 1.85 bits per heavy atom. The van der Waals surface area contributed by atoms with Gasteiger partial charge in [-0.25, -0.2) is 0 Å². The maximum absolute atomic E-state index is 12.8. The van der Waals surface area contributed by atoms with E-state index < -0.39 is 36.0 Å². The van der Waals surface area contributed by atoms with Crippen LogP contribution in [0.5, 0.6) is 0 Å². The molecule has 0 aromatic carbocycles. The highest BCUT2D eigenvalue weighted by atomic mass is 16.2. The molecule has 0 radical (unpaired) electrons. The Kier molecular flexibility index (Phi) is 12.4. The molecule has 1 fully saturated rings. The zero-order valence-corrected chi connectivity index (χ0v) is 19.1. The summed E-state index contributed by atoms with van der Waals surface area (Å²) < 4.78 is 0. The molecule has 3 amide bonds. The first-order chi connectivity index (χ1) is 15.7. The number of hydrogen-bond acceptors (Lipinski definition) is 7. The van der Waals surface area contributed by atoms with E-state index in [0.29, 0.717) is 64.4 Å². The number of nitrogens with zero attached hydrogens (tertiary/aromatic N) is 3. The van der Waals surface area contributed by atoms with Gasteiger partial charge in [0.05, 0.1) is 18.4 Å². The molecule has 0 aliphatic carbocycles. The second kappa shape index (κ2) is 14.8. The van der Waals surface area contributed by atoms with Crippen LogP contribution in [0.2, 0.25) is 0 Å². The van der Waals surface area contributed by atoms with Gasteiger partial charge in [-0.05, 0) is 45.4 Å². The largest absolute Gasteiger partial charge is 0.390 e. The van der Waals surface area contributed by atoms with Crippen molar-refractivity contribution in [3.63, 3.8) is 0 Å². The Labute approximate surface area is 193 Å². The van der Waals surface area contributed by atoms with Crippen LogP contribution in [-0.4, -0.2) is 85.0 Å². The molecule has 0 saturated carbocycles. The fourth-order valence-corrected chi connectivity index (χ4v) is 3.49. The van der Waals surface area contributed by atoms with Gasteiger partial charge in [0, 0.05) is 19.6 Å². The zero-order chi connectivity index (χ0) is 24.8. The first kappa shape index (κ1) is 27.8. The van der Waals surface area contributed by atoms with Gasteiger partial charge in [-0.3, -0.25) is 24.4 Å². The molecule has 13 heteroatoms. The molecule has 0 bridgehead atoms. The highest BCUT2D eigenvalue weighted by Crippen LogP contribution is 2.19. The summed E-state index contributed by atoms with van der Waals surface area (Å²) in [5, 5.41) is 5.21. The van der Waals surface area contributed by atoms with Crippen molar-refractivity contribution in [3.8, 4) is 0 Å². The second-order valence-corrected chi connectivity index (χ2v) is 7.92. The number of likely N-dealkylation sites (tertiary alicyclic amines) is 1. The van der Waals surface area contributed by atoms with Crippen molar-refractivity contribution in [2.75, 3.05) is 19.6 Å². The van der Waals surface area contributed by atoms with E-state index in [1.54, 1.807) is 0 Å². The molecule has 186 valence electrons. The van der Waals surface area contributed by atoms with Crippen molar-refractivity contribution in [1.82, 2.24) is 15.5 Å². The van der Waals surface area contributed by atoms with Gasteiger partial charge in [0.15, 0.2) is 5.96 Å². The van der Waals surface area contributed by atoms with Gasteiger partial charge >= 0.3 is 0 Å². The normalized spacial score (nSPS) is 18.4. The highest BCUT2D eigenvalue weighted by Gasteiger charge is 2.36. The summed E-state index contributed by atoms with van der Waals surface area (Å²) in [7, 11) is 0. The van der Waals surface area contributed by atoms with Crippen molar-refractivity contribution in [1.29, 1.82) is 0 Å². The third kappa shape index (κ3) is 9.85. The molecule has 1 aliphatic rings. The van der Waals surface area contributed by atoms with Gasteiger partial charge in [-0.1, -0.05) is 0 Å². The summed E-state index contributed by atoms with van der Waals surface area (Å²) >= 11 is 0. The second-order valence-electron chi connectivity index (χ2n) is 7.92. The van der Waals surface area contributed by atoms with Crippen LogP contribution in [0.3, 0.4) is 0 Å². The van der Waals surface area contributed by atoms with Crippen molar-refractivity contribution in [2.24, 2.45) is 32.9 Å². The van der Waals surface area contributed by atoms with Gasteiger partial charge in [0.1, 0.15) is 18.4 Å². The molecule has 0 aromatic rings. The minimum absolute atomic E-state index is 0.0424. The highest BCUT2D eigenvalue weighted by molar-refractivity contribution is 5.93. The average Bonchev–Trinajstić information content (AvgIpc) is 3.27. The van der Waals surface area contributed by atoms with E-state index >= 15 is 0 Å². The first-order valence-electron chi connectivity index (χ1n) is 11.1. The maximum Gasteiger partial charge on any atom is 0.243 e. The third-order valence-electron chi connectivity index (χ3n) is 5.28. The first-order valence-corrected chi connectivity index (χ1v) is 11.1. The van der Waals surface area contributed by atoms with E-state index in [1.165, 1.54) is 18.2 Å². The topological polar surface area (TPSA) is 224 Å². The smallest absolute Gasteiger partial charge is 0.243 e. The van der Waals surface area contributed by atoms with E-state index in [1.807, 2.05) is 0 Å². The number of amides is 3. The van der Waals surface area contributed by atoms with Gasteiger partial charge in [-0.2, -0.15) is 0 Å². The Bertz CT molecular complexity index is 724. The average molecular weight is 468 g/mol. The Morgan fingerprint density at radius 3 is 2.48 bits per heavy atom. The standard InChI is InChI=1S/C20H37N9O4/c1-13(17(31)28-14(11-30)5-2-9-26-20(23)24)27-18(32)16-7-4-10-29(16)19(33)15(22)6-3-8-25-12-21/h11-16H,2-10,22H2,1H3,(H2,21,25)(H,27,32)(H,28,31)(H4,23,24,26). The molecule has 1 rings (SSSR count). The van der Waals surface area contributed by atoms with Crippen molar-refractivity contribution in [2.45, 2.75) is 69.6 Å². The number of nitrogens with two attached hydrogens (primary N) is 4. The minimum Gasteiger partial charge on any atom is -0.390 e. The number of carbonyl (C=O) groups is 4. The van der Waals surface area contributed by atoms with E-state index in [4.69, 9.17) is 22.9 Å². The molecule has 33 heavy (non-hydrogen) atoms. The molecule has 0 spiro atoms. The molecule has 1 saturated heterocycles. The summed E-state index contributed by atoms with van der Waals surface area (Å²) in [5.74, 6) is -1.28. The van der Waals surface area contributed by atoms with E-state index in [2.05, 4.69) is 20.6 Å². The summed E-state index contributed by atoms with van der Waals surface area (Å²) in [6.07, 6.45) is 4.86. The molecule has 0 aromatic heterocycles. The fourth-order valence-electron chi connectivity index (χ4n) is 3.49. The lowest BCUT2D eigenvalue weighted by atomic mass is 10.1. The van der Waals surface area contributed by atoms with Crippen LogP contribution >= 0.6 is 0 Å². The monoisotopic (exact) mass is 467 g/mol. The summed E-state index contributed by atoms with van der Waals surface area (Å²) in [6, 6.07) is -3.04. The molecule has 4 atom stereocenters. The van der Waals surface area contributed by atoms with Crippen LogP contribution in [-0.2, 0) is 19.2 Å². The maximum atomic E-state index is 12.8. The van der Waals surface area contributed by atoms with Crippen LogP contribution in [0.15, 0.2) is 9.98 Å². The third-order valence-corrected chi connectivity index (χ3v) is 5.28. The number of nitrogens with one attached hydrogen (secondary N) is 2. The predicted molar refractivity (Wildman–Crippen MR) is 125 cm³/mol. The van der Waals surface area contributed by atoms with Crippen molar-refractivity contribution in [3.05, 3.63) is 0 Å². The van der Waals surface area contributed by atoms with Crippen LogP contribution in [0.25, 0.3) is 0 Å². The number of guanidine groups is 1. The van der Waals surface area contributed by atoms with Gasteiger partial charge < -0.3 is 43.3 Å². The van der Waals surface area contributed by atoms with Gasteiger partial charge in [0.2, 0.25) is 17.7 Å². The lowest BCUT2D eigenvalue weighted by Crippen LogP contribution is -2.55. The SMILES string of the molecule is CC(NC(=O)C1CCCN1C(=O)C(N)CCCN=CN)C(=O)NC(C=O)CCCN=C(N)N. The molecular weight excluding hydrogens is 430 g/mol. The quantitative estimate of drug-likeness (QED) is 0.0681. The van der Waals surface area contributed by atoms with E-state index in [-0.39, 0.29) is 11.9 Å². The number of hydrogen-bond donors (Lipinski definition) is 6. The predicted octanol–water partition coefficient (Wildman–Crippen LogP) is -2.69. The van der Waals surface area contributed by atoms with Gasteiger partial charge in [-0.15, -0.1) is 0 Å². The Morgan fingerprint density at radius 1 is 1.15 bits per heavy atom. The summed E-state index contributed by atoms with van der Waals surface area (Å²) in [6.45, 7) is 2.75. The Balaban J connectivity index is 2.56. The zero-order valence-electron chi connectivity index (χ0n) is 19.1. The van der Waals surface area contributed by atoms with Gasteiger partial charge in [0.25, 0.3) is 0 Å². The lowest BCUT2D eigenvalue weighted by Gasteiger charge is -2.27. The molecular formula is C20H37N9O4. The lowest BCUT2D eigenvalue weighted by molar-refractivity contribution is -0.140. The number of carbonyl (C=O) groups excluding carboxylic acids is 4. The molecule has 1 heterocycles. The number of aldehydes is 1. The van der Waals surface area contributed by atoms with Crippen molar-refractivity contribution < 1.29 is 19.2 Å². The van der Waals surface area contributed by atoms with E-state index in [0.717, 1.165) is 0 Å². The molecule has 4 unspecified atom stereocenters. The minimum atomic E-state index is -0.891. The fraction of sp³-hybridized carbons (Fsp3) is 0.700. The summed E-state index contributed by atoms with van der Waals surface area (Å²) in [4.78, 5) is 58.3. The van der Waals surface area contributed by atoms with Crippen LogP contribution in [0.1, 0.15) is 45.4 Å². The van der Waals surface area contributed by atoms with E-state index in [9.17, 15) is 19.2 Å². The van der Waals surface area contributed by atoms with Crippen molar-refractivity contribution >= 4 is 36.3 Å². The Hall–Kier alpha value is -3.22. The van der Waals surface area contributed by atoms with Crippen LogP contribution in [0.4, 0.5) is 0 Å². The molecule has 10 N–H and O–H groups in total. The molecule has 1 aliphatic heterocycles. The van der Waals surface area contributed by atoms with Crippen LogP contribution < -0.4 is 33.6 Å². The number of aliphatic imine (C=N–C) groups is 2.